The van der Waals surface area contributed by atoms with Gasteiger partial charge in [0.25, 0.3) is 0 Å². The van der Waals surface area contributed by atoms with Gasteiger partial charge in [-0.3, -0.25) is 9.36 Å². The predicted octanol–water partition coefficient (Wildman–Crippen LogP) is 2.90. The summed E-state index contributed by atoms with van der Waals surface area (Å²) in [5.41, 5.74) is 2.71. The SMILES string of the molecule is Cc1ccc(OS(=O)(=O)c2ccc3c(c2)oc(=O)n3C)c2c1[C@@H](C)CC2=O. The Hall–Kier alpha value is -2.87. The summed E-state index contributed by atoms with van der Waals surface area (Å²) in [5.74, 6) is -0.666. The van der Waals surface area contributed by atoms with Gasteiger partial charge in [-0.1, -0.05) is 13.0 Å². The largest absolute Gasteiger partial charge is 0.419 e. The van der Waals surface area contributed by atoms with Gasteiger partial charge in [0.05, 0.1) is 11.1 Å². The standard InChI is InChI=1S/C19H17NO6S/c1-10-4-7-15(18-14(21)8-11(2)17(10)18)26-27(23,24)12-5-6-13-16(9-12)25-19(22)20(13)3/h4-7,9,11H,8H2,1-3H3/t11-/m0/s1. The fourth-order valence-corrected chi connectivity index (χ4v) is 4.57. The van der Waals surface area contributed by atoms with Crippen molar-refractivity contribution in [2.45, 2.75) is 31.1 Å². The smallest absolute Gasteiger partial charge is 0.408 e. The number of carbonyl (C=O) groups excluding carboxylic acids is 1. The number of aryl methyl sites for hydroxylation is 2. The van der Waals surface area contributed by atoms with Crippen LogP contribution in [0.5, 0.6) is 5.75 Å². The Balaban J connectivity index is 1.79. The number of hydrogen-bond donors (Lipinski definition) is 0. The summed E-state index contributed by atoms with van der Waals surface area (Å²) in [6.07, 6.45) is 0.331. The molecule has 7 nitrogen and oxygen atoms in total. The molecule has 1 aromatic heterocycles. The lowest BCUT2D eigenvalue weighted by Gasteiger charge is -2.13. The molecule has 0 amide bonds. The highest BCUT2D eigenvalue weighted by atomic mass is 32.2. The molecule has 0 aliphatic heterocycles. The number of rotatable bonds is 3. The van der Waals surface area contributed by atoms with Gasteiger partial charge in [0.1, 0.15) is 4.90 Å². The van der Waals surface area contributed by atoms with Crippen LogP contribution in [-0.4, -0.2) is 18.8 Å². The minimum atomic E-state index is -4.21. The molecular formula is C19H17NO6S. The van der Waals surface area contributed by atoms with E-state index in [2.05, 4.69) is 0 Å². The van der Waals surface area contributed by atoms with E-state index in [0.717, 1.165) is 11.1 Å². The maximum Gasteiger partial charge on any atom is 0.419 e. The summed E-state index contributed by atoms with van der Waals surface area (Å²) in [6, 6.07) is 7.31. The lowest BCUT2D eigenvalue weighted by molar-refractivity contribution is 0.0989. The fraction of sp³-hybridized carbons (Fsp3) is 0.263. The fourth-order valence-electron chi connectivity index (χ4n) is 3.61. The molecule has 3 aromatic rings. The zero-order valence-corrected chi connectivity index (χ0v) is 15.8. The first-order valence-corrected chi connectivity index (χ1v) is 9.80. The Morgan fingerprint density at radius 3 is 2.67 bits per heavy atom. The van der Waals surface area contributed by atoms with Crippen molar-refractivity contribution in [1.82, 2.24) is 4.57 Å². The molecule has 4 rings (SSSR count). The van der Waals surface area contributed by atoms with Crippen LogP contribution in [-0.2, 0) is 17.2 Å². The Morgan fingerprint density at radius 2 is 1.93 bits per heavy atom. The number of Topliss-reactive ketones (excluding diaryl/α,β-unsaturated/α-hetero) is 1. The third kappa shape index (κ3) is 2.68. The summed E-state index contributed by atoms with van der Waals surface area (Å²) >= 11 is 0. The van der Waals surface area contributed by atoms with E-state index >= 15 is 0 Å². The molecule has 0 spiro atoms. The molecular weight excluding hydrogens is 370 g/mol. The van der Waals surface area contributed by atoms with E-state index in [1.165, 1.54) is 35.9 Å². The first-order chi connectivity index (χ1) is 12.7. The molecule has 1 heterocycles. The molecule has 0 N–H and O–H groups in total. The molecule has 0 saturated carbocycles. The summed E-state index contributed by atoms with van der Waals surface area (Å²) in [4.78, 5) is 23.8. The first-order valence-electron chi connectivity index (χ1n) is 8.40. The van der Waals surface area contributed by atoms with Crippen molar-refractivity contribution in [2.75, 3.05) is 0 Å². The zero-order chi connectivity index (χ0) is 19.5. The van der Waals surface area contributed by atoms with Gasteiger partial charge < -0.3 is 8.60 Å². The predicted molar refractivity (Wildman–Crippen MR) is 97.8 cm³/mol. The van der Waals surface area contributed by atoms with Crippen molar-refractivity contribution in [3.05, 3.63) is 57.6 Å². The molecule has 0 unspecified atom stereocenters. The van der Waals surface area contributed by atoms with E-state index in [-0.39, 0.29) is 27.9 Å². The van der Waals surface area contributed by atoms with Gasteiger partial charge in [-0.05, 0) is 42.2 Å². The molecule has 0 bridgehead atoms. The maximum absolute atomic E-state index is 12.7. The van der Waals surface area contributed by atoms with Gasteiger partial charge in [0.15, 0.2) is 17.1 Å². The van der Waals surface area contributed by atoms with Gasteiger partial charge in [-0.15, -0.1) is 0 Å². The first kappa shape index (κ1) is 17.5. The highest BCUT2D eigenvalue weighted by Crippen LogP contribution is 2.41. The van der Waals surface area contributed by atoms with E-state index in [1.807, 2.05) is 13.8 Å². The highest BCUT2D eigenvalue weighted by molar-refractivity contribution is 7.87. The van der Waals surface area contributed by atoms with Crippen molar-refractivity contribution < 1.29 is 21.8 Å². The minimum absolute atomic E-state index is 0.0219. The molecule has 140 valence electrons. The van der Waals surface area contributed by atoms with E-state index in [0.29, 0.717) is 17.5 Å². The van der Waals surface area contributed by atoms with Crippen LogP contribution in [0.3, 0.4) is 0 Å². The van der Waals surface area contributed by atoms with Gasteiger partial charge >= 0.3 is 15.9 Å². The Kier molecular flexibility index (Phi) is 3.78. The molecule has 27 heavy (non-hydrogen) atoms. The van der Waals surface area contributed by atoms with E-state index in [1.54, 1.807) is 6.07 Å². The second kappa shape index (κ2) is 5.82. The Labute approximate surface area is 155 Å². The average molecular weight is 387 g/mol. The minimum Gasteiger partial charge on any atom is -0.408 e. The van der Waals surface area contributed by atoms with Crippen LogP contribution in [0.15, 0.2) is 44.4 Å². The summed E-state index contributed by atoms with van der Waals surface area (Å²) in [5, 5.41) is 0. The van der Waals surface area contributed by atoms with Crippen molar-refractivity contribution in [3.63, 3.8) is 0 Å². The summed E-state index contributed by atoms with van der Waals surface area (Å²) < 4.78 is 37.1. The van der Waals surface area contributed by atoms with Crippen molar-refractivity contribution in [2.24, 2.45) is 7.05 Å². The summed E-state index contributed by atoms with van der Waals surface area (Å²) in [7, 11) is -2.68. The quantitative estimate of drug-likeness (QED) is 0.641. The van der Waals surface area contributed by atoms with Crippen LogP contribution in [0.25, 0.3) is 11.1 Å². The molecule has 1 atom stereocenters. The van der Waals surface area contributed by atoms with Crippen molar-refractivity contribution >= 4 is 27.0 Å². The van der Waals surface area contributed by atoms with Crippen LogP contribution >= 0.6 is 0 Å². The zero-order valence-electron chi connectivity index (χ0n) is 15.0. The number of nitrogens with zero attached hydrogens (tertiary/aromatic N) is 1. The third-order valence-electron chi connectivity index (χ3n) is 4.94. The number of aromatic nitrogens is 1. The van der Waals surface area contributed by atoms with Crippen LogP contribution in [0.2, 0.25) is 0 Å². The number of carbonyl (C=O) groups is 1. The molecule has 0 radical (unpaired) electrons. The molecule has 1 aliphatic rings. The molecule has 0 fully saturated rings. The molecule has 0 saturated heterocycles. The van der Waals surface area contributed by atoms with Crippen LogP contribution in [0.4, 0.5) is 0 Å². The molecule has 8 heteroatoms. The monoisotopic (exact) mass is 387 g/mol. The van der Waals surface area contributed by atoms with E-state index in [4.69, 9.17) is 8.60 Å². The Bertz CT molecular complexity index is 1270. The van der Waals surface area contributed by atoms with Crippen LogP contribution in [0, 0.1) is 6.92 Å². The van der Waals surface area contributed by atoms with Crippen LogP contribution in [0.1, 0.15) is 40.7 Å². The topological polar surface area (TPSA) is 95.6 Å². The Morgan fingerprint density at radius 1 is 1.19 bits per heavy atom. The van der Waals surface area contributed by atoms with E-state index < -0.39 is 15.9 Å². The van der Waals surface area contributed by atoms with Crippen molar-refractivity contribution in [1.29, 1.82) is 0 Å². The lowest BCUT2D eigenvalue weighted by atomic mass is 9.98. The number of ketones is 1. The van der Waals surface area contributed by atoms with Gasteiger partial charge in [0, 0.05) is 19.5 Å². The van der Waals surface area contributed by atoms with Crippen LogP contribution < -0.4 is 9.94 Å². The normalized spacial score (nSPS) is 16.7. The van der Waals surface area contributed by atoms with Gasteiger partial charge in [-0.2, -0.15) is 8.42 Å². The number of oxazole rings is 1. The lowest BCUT2D eigenvalue weighted by Crippen LogP contribution is -2.12. The van der Waals surface area contributed by atoms with Gasteiger partial charge in [0.2, 0.25) is 0 Å². The highest BCUT2D eigenvalue weighted by Gasteiger charge is 2.33. The van der Waals surface area contributed by atoms with E-state index in [9.17, 15) is 18.0 Å². The van der Waals surface area contributed by atoms with Gasteiger partial charge in [-0.25, -0.2) is 4.79 Å². The third-order valence-corrected chi connectivity index (χ3v) is 6.17. The maximum atomic E-state index is 12.7. The number of benzene rings is 2. The van der Waals surface area contributed by atoms with Crippen molar-refractivity contribution in [3.8, 4) is 5.75 Å². The summed E-state index contributed by atoms with van der Waals surface area (Å²) in [6.45, 7) is 3.82. The molecule has 1 aliphatic carbocycles. The second-order valence-electron chi connectivity index (χ2n) is 6.79. The number of hydrogen-bond acceptors (Lipinski definition) is 6. The average Bonchev–Trinajstić information content (AvgIpc) is 3.06. The second-order valence-corrected chi connectivity index (χ2v) is 8.34. The molecule has 2 aromatic carbocycles. The number of fused-ring (bicyclic) bond motifs is 2.